The van der Waals surface area contributed by atoms with Crippen LogP contribution in [0.3, 0.4) is 0 Å². The highest BCUT2D eigenvalue weighted by atomic mass is 79.9. The highest BCUT2D eigenvalue weighted by molar-refractivity contribution is 9.10. The fraction of sp³-hybridized carbons (Fsp3) is 0.429. The number of ether oxygens (including phenoxy) is 7. The predicted molar refractivity (Wildman–Crippen MR) is 354 cm³/mol. The molecule has 514 valence electrons. The Hall–Kier alpha value is -9.62. The van der Waals surface area contributed by atoms with E-state index in [1.165, 1.54) is 73.2 Å². The molecule has 3 amide bonds. The van der Waals surface area contributed by atoms with E-state index in [1.54, 1.807) is 144 Å². The average molecular weight is 1380 g/mol. The average Bonchev–Trinajstić information content (AvgIpc) is 0.813. The first-order valence-corrected chi connectivity index (χ1v) is 28.7. The van der Waals surface area contributed by atoms with Crippen molar-refractivity contribution in [3.63, 3.8) is 0 Å². The van der Waals surface area contributed by atoms with Crippen LogP contribution in [-0.2, 0) is 73.7 Å². The van der Waals surface area contributed by atoms with E-state index >= 15 is 0 Å². The molecule has 29 nitrogen and oxygen atoms in total. The second-order valence-corrected chi connectivity index (χ2v) is 23.7. The van der Waals surface area contributed by atoms with Crippen molar-refractivity contribution in [3.8, 4) is 39.5 Å². The van der Waals surface area contributed by atoms with E-state index in [4.69, 9.17) is 43.2 Å². The monoisotopic (exact) mass is 1380 g/mol. The smallest absolute Gasteiger partial charge is 0.488 e. The third kappa shape index (κ3) is 26.9. The molecule has 0 unspecified atom stereocenters. The van der Waals surface area contributed by atoms with E-state index in [2.05, 4.69) is 47.2 Å². The number of methoxy groups -OCH3 is 4. The van der Waals surface area contributed by atoms with E-state index in [1.807, 2.05) is 0 Å². The lowest BCUT2D eigenvalue weighted by Crippen LogP contribution is -2.45. The summed E-state index contributed by atoms with van der Waals surface area (Å²) < 4.78 is 39.6. The van der Waals surface area contributed by atoms with Gasteiger partial charge in [0.05, 0.1) is 58.2 Å². The van der Waals surface area contributed by atoms with E-state index in [-0.39, 0.29) is 50.8 Å². The Labute approximate surface area is 553 Å². The Bertz CT molecular complexity index is 3670. The zero-order chi connectivity index (χ0) is 69.6. The van der Waals surface area contributed by atoms with Crippen LogP contribution in [0.1, 0.15) is 93.9 Å². The third-order valence-electron chi connectivity index (χ3n) is 12.1. The van der Waals surface area contributed by atoms with Gasteiger partial charge in [-0.15, -0.1) is 0 Å². The molecule has 0 fully saturated rings. The molecule has 0 saturated heterocycles. The van der Waals surface area contributed by atoms with Crippen molar-refractivity contribution in [3.05, 3.63) is 144 Å². The summed E-state index contributed by atoms with van der Waals surface area (Å²) in [6.45, 7) is 15.3. The molecule has 6 rings (SSSR count). The van der Waals surface area contributed by atoms with Gasteiger partial charge in [0.25, 0.3) is 16.7 Å². The molecule has 0 radical (unpaired) electrons. The number of rotatable bonds is 18. The number of aryl methyl sites for hydroxylation is 3. The van der Waals surface area contributed by atoms with Gasteiger partial charge in [0.15, 0.2) is 17.2 Å². The quantitative estimate of drug-likeness (QED) is 0.0306. The van der Waals surface area contributed by atoms with Crippen molar-refractivity contribution < 1.29 is 82.2 Å². The Kier molecular flexibility index (Phi) is 32.6. The number of carbonyl (C=O) groups is 6. The van der Waals surface area contributed by atoms with Crippen molar-refractivity contribution in [2.45, 2.75) is 131 Å². The van der Waals surface area contributed by atoms with Crippen molar-refractivity contribution in [2.75, 3.05) is 28.4 Å². The second kappa shape index (κ2) is 37.2. The number of amides is 3. The fourth-order valence-corrected chi connectivity index (χ4v) is 8.28. The molecule has 94 heavy (non-hydrogen) atoms. The van der Waals surface area contributed by atoms with Gasteiger partial charge in [-0.3, -0.25) is 14.4 Å². The number of carboxylic acid groups (broad SMARTS) is 2. The van der Waals surface area contributed by atoms with Crippen LogP contribution < -0.4 is 52.3 Å². The van der Waals surface area contributed by atoms with Gasteiger partial charge < -0.3 is 69.4 Å². The van der Waals surface area contributed by atoms with Crippen molar-refractivity contribution in [1.29, 1.82) is 0 Å². The summed E-state index contributed by atoms with van der Waals surface area (Å²) in [5.41, 5.74) is 1.42. The minimum Gasteiger partial charge on any atom is -0.494 e. The number of aliphatic carboxylic acids is 2. The molecule has 3 heterocycles. The van der Waals surface area contributed by atoms with Gasteiger partial charge in [0, 0.05) is 40.4 Å². The van der Waals surface area contributed by atoms with Gasteiger partial charge in [-0.2, -0.15) is 15.3 Å². The SMILES string of the molecule is C.C.CC(C)(C)OC(=O)N[C@@H](Cc1ccc(B(O)O)cc1)C(=O)O.COC(=O)[C@H](Cc1ccc(-c2c(OC)cnn(C)c2=O)cc1)NC(=O)OC(C)(C)C.COc1cnn(C)c(=O)c1-c1ccc(C[C@H](NC(=O)OC(C)(C)C)C(=O)O)cc1.COc1cnn(C)c(=O)c1Br. The first kappa shape index (κ1) is 82.4. The maximum absolute atomic E-state index is 12.5. The second-order valence-electron chi connectivity index (χ2n) is 22.9. The number of carbonyl (C=O) groups excluding carboxylic acids is 4. The predicted octanol–water partition coefficient (Wildman–Crippen LogP) is 5.75. The van der Waals surface area contributed by atoms with E-state index in [9.17, 15) is 53.4 Å². The number of halogens is 1. The molecule has 0 spiro atoms. The van der Waals surface area contributed by atoms with Crippen LogP contribution >= 0.6 is 15.9 Å². The largest absolute Gasteiger partial charge is 0.494 e. The molecule has 0 aliphatic rings. The number of nitrogens with one attached hydrogen (secondary N) is 3. The Morgan fingerprint density at radius 2 is 0.777 bits per heavy atom. The van der Waals surface area contributed by atoms with E-state index in [0.717, 1.165) is 5.56 Å². The maximum atomic E-state index is 12.5. The Balaban J connectivity index is 0.000000650. The number of hydrogen-bond donors (Lipinski definition) is 7. The summed E-state index contributed by atoms with van der Waals surface area (Å²) in [5, 5.41) is 55.4. The van der Waals surface area contributed by atoms with E-state index < -0.39 is 78.2 Å². The van der Waals surface area contributed by atoms with Gasteiger partial charge in [-0.1, -0.05) is 87.6 Å². The molecule has 7 N–H and O–H groups in total. The standard InChI is InChI=1S/C21H27N3O6.C20H25N3O6.C14H20BNO6.C6H7BrN2O2.2CH4/c1-21(2,3)30-20(27)23-15(19(26)29-6)11-13-7-9-14(10-8-13)17-16(28-5)12-22-24(4)18(17)25;1-20(2,3)29-19(27)22-14(18(25)26)10-12-6-8-13(9-7-12)16-15(28-5)11-21-23(4)17(16)24;1-14(2,3)22-13(19)16-11(12(17)18)8-9-4-6-10(7-5-9)15(20)21;1-9-6(10)5(7)4(11-2)3-8-9;;/h7-10,12,15H,11H2,1-6H3,(H,23,27);6-9,11,14H,10H2,1-5H3,(H,22,27)(H,25,26);4-7,11,20-21H,8H2,1-3H3,(H,16,19)(H,17,18);3H,1-2H3;2*1H4/t15-;14-;11-;;;/m000.../s1. The fourth-order valence-electron chi connectivity index (χ4n) is 7.76. The van der Waals surface area contributed by atoms with Crippen LogP contribution in [0.4, 0.5) is 14.4 Å². The lowest BCUT2D eigenvalue weighted by molar-refractivity contribution is -0.143. The summed E-state index contributed by atoms with van der Waals surface area (Å²) >= 11 is 3.09. The van der Waals surface area contributed by atoms with Crippen LogP contribution in [-0.4, -0.2) is 156 Å². The number of alkyl carbamates (subject to hydrolysis) is 3. The Morgan fingerprint density at radius 3 is 1.06 bits per heavy atom. The van der Waals surface area contributed by atoms with Gasteiger partial charge in [-0.25, -0.2) is 42.8 Å². The minimum absolute atomic E-state index is 0. The zero-order valence-corrected chi connectivity index (χ0v) is 55.6. The molecule has 31 heteroatoms. The molecule has 0 bridgehead atoms. The van der Waals surface area contributed by atoms with Gasteiger partial charge >= 0.3 is 43.3 Å². The highest BCUT2D eigenvalue weighted by Crippen LogP contribution is 2.28. The van der Waals surface area contributed by atoms with Crippen molar-refractivity contribution >= 4 is 64.7 Å². The number of nitrogens with zero attached hydrogens (tertiary/aromatic N) is 6. The molecule has 0 aliphatic heterocycles. The zero-order valence-electron chi connectivity index (χ0n) is 54.0. The highest BCUT2D eigenvalue weighted by Gasteiger charge is 2.28. The molecule has 3 atom stereocenters. The molecule has 0 saturated carbocycles. The lowest BCUT2D eigenvalue weighted by atomic mass is 9.80. The summed E-state index contributed by atoms with van der Waals surface area (Å²) in [6, 6.07) is 16.7. The molecule has 3 aromatic heterocycles. The van der Waals surface area contributed by atoms with Crippen LogP contribution in [0.25, 0.3) is 22.3 Å². The number of hydrogen-bond acceptors (Lipinski definition) is 21. The third-order valence-corrected chi connectivity index (χ3v) is 12.9. The van der Waals surface area contributed by atoms with Gasteiger partial charge in [-0.05, 0) is 112 Å². The van der Waals surface area contributed by atoms with E-state index in [0.29, 0.717) is 60.6 Å². The topological polar surface area (TPSA) is 389 Å². The van der Waals surface area contributed by atoms with Crippen LogP contribution in [0, 0.1) is 0 Å². The van der Waals surface area contributed by atoms with Crippen LogP contribution in [0.2, 0.25) is 0 Å². The molecule has 0 aliphatic carbocycles. The summed E-state index contributed by atoms with van der Waals surface area (Å²) in [4.78, 5) is 106. The summed E-state index contributed by atoms with van der Waals surface area (Å²) in [6.07, 6.45) is 2.40. The molecule has 6 aromatic rings. The Morgan fingerprint density at radius 1 is 0.489 bits per heavy atom. The molecule has 3 aromatic carbocycles. The van der Waals surface area contributed by atoms with Crippen LogP contribution in [0.15, 0.2) is 110 Å². The van der Waals surface area contributed by atoms with Gasteiger partial charge in [0.1, 0.15) is 39.4 Å². The first-order chi connectivity index (χ1) is 42.8. The van der Waals surface area contributed by atoms with Crippen LogP contribution in [0.5, 0.6) is 17.2 Å². The normalized spacial score (nSPS) is 11.6. The summed E-state index contributed by atoms with van der Waals surface area (Å²) in [7, 11) is 8.76. The molecular formula is C63H87BBrN9O20. The van der Waals surface area contributed by atoms with Gasteiger partial charge in [0.2, 0.25) is 0 Å². The summed E-state index contributed by atoms with van der Waals surface area (Å²) in [5.74, 6) is -1.79. The number of esters is 1. The first-order valence-electron chi connectivity index (χ1n) is 27.9. The number of aromatic nitrogens is 6. The lowest BCUT2D eigenvalue weighted by Gasteiger charge is -2.22. The number of benzene rings is 3. The minimum atomic E-state index is -1.58. The number of carboxylic acids is 2. The molecular weight excluding hydrogens is 1290 g/mol. The van der Waals surface area contributed by atoms with Crippen molar-refractivity contribution in [1.82, 2.24) is 45.3 Å². The maximum Gasteiger partial charge on any atom is 0.488 e. The van der Waals surface area contributed by atoms with Crippen molar-refractivity contribution in [2.24, 2.45) is 21.1 Å².